The Balaban J connectivity index is 2.20. The lowest BCUT2D eigenvalue weighted by atomic mass is 9.79. The Labute approximate surface area is 145 Å². The maximum absolute atomic E-state index is 10.1. The van der Waals surface area contributed by atoms with Gasteiger partial charge >= 0.3 is 0 Å². The molecular weight excluding hydrogens is 304 g/mol. The van der Waals surface area contributed by atoms with Gasteiger partial charge in [-0.3, -0.25) is 0 Å². The lowest BCUT2D eigenvalue weighted by molar-refractivity contribution is -0.265. The fourth-order valence-electron chi connectivity index (χ4n) is 3.02. The van der Waals surface area contributed by atoms with Gasteiger partial charge in [0, 0.05) is 5.41 Å². The molecule has 0 bridgehead atoms. The van der Waals surface area contributed by atoms with Crippen LogP contribution >= 0.6 is 0 Å². The van der Waals surface area contributed by atoms with Crippen molar-refractivity contribution in [2.75, 3.05) is 26.4 Å². The average molecular weight is 336 g/mol. The van der Waals surface area contributed by atoms with E-state index < -0.39 is 11.7 Å². The van der Waals surface area contributed by atoms with Gasteiger partial charge < -0.3 is 19.7 Å². The Kier molecular flexibility index (Phi) is 5.75. The highest BCUT2D eigenvalue weighted by Gasteiger charge is 2.44. The van der Waals surface area contributed by atoms with E-state index in [1.54, 1.807) is 0 Å². The minimum Gasteiger partial charge on any atom is -0.396 e. The molecule has 1 unspecified atom stereocenters. The zero-order valence-corrected chi connectivity index (χ0v) is 15.6. The Hall–Kier alpha value is -0.940. The van der Waals surface area contributed by atoms with E-state index in [4.69, 9.17) is 9.47 Å². The summed E-state index contributed by atoms with van der Waals surface area (Å²) in [6, 6.07) is 8.32. The summed E-state index contributed by atoms with van der Waals surface area (Å²) in [6.07, 6.45) is 0.279. The summed E-state index contributed by atoms with van der Waals surface area (Å²) in [7, 11) is 0. The molecule has 1 aromatic carbocycles. The van der Waals surface area contributed by atoms with Crippen LogP contribution in [0.15, 0.2) is 24.3 Å². The van der Waals surface area contributed by atoms with Crippen molar-refractivity contribution in [1.82, 2.24) is 0 Å². The largest absolute Gasteiger partial charge is 0.396 e. The Morgan fingerprint density at radius 2 is 1.50 bits per heavy atom. The molecule has 0 radical (unpaired) electrons. The molecular formula is C20H32O4. The molecule has 1 atom stereocenters. The lowest BCUT2D eigenvalue weighted by Gasteiger charge is -2.44. The summed E-state index contributed by atoms with van der Waals surface area (Å²) in [4.78, 5) is 0. The second-order valence-corrected chi connectivity index (χ2v) is 8.37. The first-order valence-electron chi connectivity index (χ1n) is 8.77. The summed E-state index contributed by atoms with van der Waals surface area (Å²) in [5, 5.41) is 19.7. The van der Waals surface area contributed by atoms with Crippen molar-refractivity contribution in [3.63, 3.8) is 0 Å². The molecule has 4 heteroatoms. The molecule has 0 spiro atoms. The molecule has 0 saturated carbocycles. The van der Waals surface area contributed by atoms with Crippen molar-refractivity contribution in [2.24, 2.45) is 5.41 Å². The van der Waals surface area contributed by atoms with Gasteiger partial charge in [0.15, 0.2) is 6.29 Å². The average Bonchev–Trinajstić information content (AvgIpc) is 2.60. The van der Waals surface area contributed by atoms with Crippen LogP contribution in [0.1, 0.15) is 52.2 Å². The van der Waals surface area contributed by atoms with Gasteiger partial charge in [-0.25, -0.2) is 0 Å². The highest BCUT2D eigenvalue weighted by atomic mass is 16.7. The first-order valence-corrected chi connectivity index (χ1v) is 8.77. The van der Waals surface area contributed by atoms with Gasteiger partial charge in [0.25, 0.3) is 0 Å². The molecule has 1 saturated heterocycles. The van der Waals surface area contributed by atoms with Gasteiger partial charge in [-0.1, -0.05) is 52.0 Å². The predicted octanol–water partition coefficient (Wildman–Crippen LogP) is 3.00. The number of aliphatic hydroxyl groups is 2. The van der Waals surface area contributed by atoms with Crippen molar-refractivity contribution >= 4 is 0 Å². The van der Waals surface area contributed by atoms with Crippen LogP contribution in [-0.2, 0) is 20.3 Å². The number of benzene rings is 1. The van der Waals surface area contributed by atoms with E-state index in [1.807, 2.05) is 13.8 Å². The van der Waals surface area contributed by atoms with E-state index in [0.29, 0.717) is 13.2 Å². The van der Waals surface area contributed by atoms with E-state index in [1.165, 1.54) is 5.56 Å². The number of hydrogen-bond donors (Lipinski definition) is 2. The van der Waals surface area contributed by atoms with Gasteiger partial charge in [0.2, 0.25) is 0 Å². The van der Waals surface area contributed by atoms with Gasteiger partial charge in [-0.15, -0.1) is 0 Å². The van der Waals surface area contributed by atoms with E-state index in [2.05, 4.69) is 45.0 Å². The number of ether oxygens (including phenoxy) is 2. The minimum absolute atomic E-state index is 0.0480. The van der Waals surface area contributed by atoms with Gasteiger partial charge in [-0.05, 0) is 29.9 Å². The topological polar surface area (TPSA) is 58.9 Å². The molecule has 0 aliphatic carbocycles. The fourth-order valence-corrected chi connectivity index (χ4v) is 3.02. The number of hydrogen-bond acceptors (Lipinski definition) is 4. The molecule has 4 nitrogen and oxygen atoms in total. The third-order valence-corrected chi connectivity index (χ3v) is 5.43. The summed E-state index contributed by atoms with van der Waals surface area (Å²) in [5.41, 5.74) is 1.38. The monoisotopic (exact) mass is 336 g/mol. The van der Waals surface area contributed by atoms with Crippen LogP contribution < -0.4 is 0 Å². The normalized spacial score (nSPS) is 27.7. The second kappa shape index (κ2) is 7.12. The number of aliphatic hydroxyl groups excluding tert-OH is 2. The third kappa shape index (κ3) is 3.67. The summed E-state index contributed by atoms with van der Waals surface area (Å²) >= 11 is 0. The Morgan fingerprint density at radius 3 is 1.88 bits per heavy atom. The highest BCUT2D eigenvalue weighted by molar-refractivity contribution is 5.32. The van der Waals surface area contributed by atoms with Crippen LogP contribution in [0, 0.1) is 5.41 Å². The molecule has 2 rings (SSSR count). The van der Waals surface area contributed by atoms with E-state index in [-0.39, 0.29) is 24.0 Å². The standard InChI is InChI=1S/C20H32O4/c1-6-20(12-22)13-23-17(24-14-20)19(5,11-21)16-9-7-15(8-10-16)18(2,3)4/h7-10,17,21-22H,6,11-14H2,1-5H3. The fraction of sp³-hybridized carbons (Fsp3) is 0.700. The first kappa shape index (κ1) is 19.4. The molecule has 1 aliphatic heterocycles. The molecule has 1 aliphatic rings. The second-order valence-electron chi connectivity index (χ2n) is 8.37. The van der Waals surface area contributed by atoms with Crippen LogP contribution in [0.5, 0.6) is 0 Å². The van der Waals surface area contributed by atoms with Crippen LogP contribution in [0.3, 0.4) is 0 Å². The smallest absolute Gasteiger partial charge is 0.169 e. The van der Waals surface area contributed by atoms with Crippen LogP contribution in [0.2, 0.25) is 0 Å². The van der Waals surface area contributed by atoms with Crippen LogP contribution in [0.25, 0.3) is 0 Å². The Bertz CT molecular complexity index is 518. The molecule has 1 fully saturated rings. The first-order chi connectivity index (χ1) is 11.2. The van der Waals surface area contributed by atoms with Gasteiger partial charge in [0.05, 0.1) is 31.8 Å². The number of rotatable bonds is 5. The van der Waals surface area contributed by atoms with Gasteiger partial charge in [0.1, 0.15) is 0 Å². The molecule has 24 heavy (non-hydrogen) atoms. The van der Waals surface area contributed by atoms with Crippen molar-refractivity contribution in [2.45, 2.75) is 58.2 Å². The SMILES string of the molecule is CCC1(CO)COC(C(C)(CO)c2ccc(C(C)(C)C)cc2)OC1. The van der Waals surface area contributed by atoms with Crippen molar-refractivity contribution < 1.29 is 19.7 Å². The summed E-state index contributed by atoms with van der Waals surface area (Å²) < 4.78 is 11.9. The van der Waals surface area contributed by atoms with Crippen molar-refractivity contribution in [3.8, 4) is 0 Å². The van der Waals surface area contributed by atoms with Gasteiger partial charge in [-0.2, -0.15) is 0 Å². The zero-order chi connectivity index (χ0) is 18.0. The summed E-state index contributed by atoms with van der Waals surface area (Å²) in [6.45, 7) is 11.4. The maximum atomic E-state index is 10.1. The van der Waals surface area contributed by atoms with E-state index >= 15 is 0 Å². The highest BCUT2D eigenvalue weighted by Crippen LogP contribution is 2.37. The molecule has 2 N–H and O–H groups in total. The predicted molar refractivity (Wildman–Crippen MR) is 95.1 cm³/mol. The summed E-state index contributed by atoms with van der Waals surface area (Å²) in [5.74, 6) is 0. The quantitative estimate of drug-likeness (QED) is 0.868. The van der Waals surface area contributed by atoms with Crippen molar-refractivity contribution in [1.29, 1.82) is 0 Å². The lowest BCUT2D eigenvalue weighted by Crippen LogP contribution is -2.52. The third-order valence-electron chi connectivity index (χ3n) is 5.43. The molecule has 0 aromatic heterocycles. The molecule has 1 heterocycles. The molecule has 0 amide bonds. The Morgan fingerprint density at radius 1 is 1.00 bits per heavy atom. The van der Waals surface area contributed by atoms with Crippen molar-refractivity contribution in [3.05, 3.63) is 35.4 Å². The maximum Gasteiger partial charge on any atom is 0.169 e. The van der Waals surface area contributed by atoms with Crippen LogP contribution in [0.4, 0.5) is 0 Å². The molecule has 136 valence electrons. The van der Waals surface area contributed by atoms with E-state index in [0.717, 1.165) is 12.0 Å². The molecule has 1 aromatic rings. The zero-order valence-electron chi connectivity index (χ0n) is 15.6. The van der Waals surface area contributed by atoms with E-state index in [9.17, 15) is 10.2 Å². The minimum atomic E-state index is -0.633. The van der Waals surface area contributed by atoms with Crippen LogP contribution in [-0.4, -0.2) is 42.9 Å².